The van der Waals surface area contributed by atoms with Gasteiger partial charge < -0.3 is 14.5 Å². The number of morpholine rings is 1. The zero-order valence-corrected chi connectivity index (χ0v) is 11.4. The molecule has 0 aromatic carbocycles. The lowest BCUT2D eigenvalue weighted by atomic mass is 10.4. The van der Waals surface area contributed by atoms with E-state index < -0.39 is 12.7 Å². The summed E-state index contributed by atoms with van der Waals surface area (Å²) in [4.78, 5) is 14.4. The Labute approximate surface area is 118 Å². The molecule has 20 heavy (non-hydrogen) atoms. The van der Waals surface area contributed by atoms with Crippen LogP contribution in [-0.2, 0) is 4.74 Å². The molecule has 1 fully saturated rings. The number of halogens is 4. The molecule has 0 N–H and O–H groups in total. The van der Waals surface area contributed by atoms with Crippen molar-refractivity contribution in [1.29, 1.82) is 0 Å². The molecule has 0 amide bonds. The average Bonchev–Trinajstić information content (AvgIpc) is 2.37. The van der Waals surface area contributed by atoms with Gasteiger partial charge in [-0.05, 0) is 11.6 Å². The topological polar surface area (TPSA) is 54.4 Å². The number of hydrogen-bond acceptors (Lipinski definition) is 6. The third-order valence-electron chi connectivity index (χ3n) is 2.64. The van der Waals surface area contributed by atoms with Crippen LogP contribution in [0.2, 0.25) is 5.28 Å². The molecule has 1 aromatic heterocycles. The summed E-state index contributed by atoms with van der Waals surface area (Å²) in [5, 5.41) is -0.134. The fraction of sp³-hybridized carbons (Fsp3) is 0.700. The Bertz CT molecular complexity index is 467. The number of alkyl halides is 3. The van der Waals surface area contributed by atoms with E-state index in [1.165, 1.54) is 7.05 Å². The van der Waals surface area contributed by atoms with Gasteiger partial charge in [0.05, 0.1) is 13.2 Å². The van der Waals surface area contributed by atoms with Gasteiger partial charge in [-0.1, -0.05) is 0 Å². The van der Waals surface area contributed by atoms with E-state index >= 15 is 0 Å². The molecule has 112 valence electrons. The highest BCUT2D eigenvalue weighted by Crippen LogP contribution is 2.21. The molecule has 6 nitrogen and oxygen atoms in total. The monoisotopic (exact) mass is 311 g/mol. The van der Waals surface area contributed by atoms with Crippen LogP contribution in [0.25, 0.3) is 0 Å². The highest BCUT2D eigenvalue weighted by molar-refractivity contribution is 6.28. The summed E-state index contributed by atoms with van der Waals surface area (Å²) in [6.45, 7) is 0.982. The van der Waals surface area contributed by atoms with Crippen molar-refractivity contribution in [2.75, 3.05) is 49.7 Å². The Kier molecular flexibility index (Phi) is 4.48. The fourth-order valence-electron chi connectivity index (χ4n) is 1.74. The van der Waals surface area contributed by atoms with Crippen LogP contribution in [0.5, 0.6) is 0 Å². The van der Waals surface area contributed by atoms with E-state index in [1.54, 1.807) is 4.90 Å². The van der Waals surface area contributed by atoms with Gasteiger partial charge in [-0.25, -0.2) is 0 Å². The van der Waals surface area contributed by atoms with Crippen LogP contribution in [0.15, 0.2) is 0 Å². The van der Waals surface area contributed by atoms with E-state index in [2.05, 4.69) is 15.0 Å². The number of aromatic nitrogens is 3. The Hall–Kier alpha value is -1.35. The summed E-state index contributed by atoms with van der Waals surface area (Å²) in [7, 11) is 1.25. The van der Waals surface area contributed by atoms with Crippen molar-refractivity contribution in [2.24, 2.45) is 0 Å². The van der Waals surface area contributed by atoms with Crippen molar-refractivity contribution in [2.45, 2.75) is 6.18 Å². The molecule has 2 heterocycles. The lowest BCUT2D eigenvalue weighted by Crippen LogP contribution is -2.38. The van der Waals surface area contributed by atoms with E-state index in [1.807, 2.05) is 0 Å². The van der Waals surface area contributed by atoms with E-state index in [0.717, 1.165) is 4.90 Å². The van der Waals surface area contributed by atoms with Gasteiger partial charge in [0, 0.05) is 20.1 Å². The quantitative estimate of drug-likeness (QED) is 0.840. The van der Waals surface area contributed by atoms with Gasteiger partial charge in [0.25, 0.3) is 0 Å². The van der Waals surface area contributed by atoms with Crippen LogP contribution in [0.4, 0.5) is 25.1 Å². The molecule has 0 radical (unpaired) electrons. The van der Waals surface area contributed by atoms with Crippen LogP contribution in [0.3, 0.4) is 0 Å². The minimum absolute atomic E-state index is 0.108. The average molecular weight is 312 g/mol. The molecule has 0 spiro atoms. The molecule has 1 saturated heterocycles. The summed E-state index contributed by atoms with van der Waals surface area (Å²) >= 11 is 5.76. The summed E-state index contributed by atoms with van der Waals surface area (Å²) in [5.41, 5.74) is 0. The second kappa shape index (κ2) is 5.96. The largest absolute Gasteiger partial charge is 0.406 e. The maximum atomic E-state index is 12.4. The van der Waals surface area contributed by atoms with E-state index in [-0.39, 0.29) is 17.2 Å². The predicted molar refractivity (Wildman–Crippen MR) is 67.2 cm³/mol. The molecule has 2 rings (SSSR count). The lowest BCUT2D eigenvalue weighted by molar-refractivity contribution is -0.119. The van der Waals surface area contributed by atoms with E-state index in [9.17, 15) is 13.2 Å². The second-order valence-electron chi connectivity index (χ2n) is 4.28. The zero-order chi connectivity index (χ0) is 14.8. The minimum Gasteiger partial charge on any atom is -0.378 e. The molecule has 0 atom stereocenters. The predicted octanol–water partition coefficient (Wildman–Crippen LogP) is 1.36. The number of rotatable bonds is 3. The van der Waals surface area contributed by atoms with Gasteiger partial charge >= 0.3 is 6.18 Å². The number of nitrogens with zero attached hydrogens (tertiary/aromatic N) is 5. The number of hydrogen-bond donors (Lipinski definition) is 0. The van der Waals surface area contributed by atoms with Crippen molar-refractivity contribution >= 4 is 23.5 Å². The Morgan fingerprint density at radius 3 is 2.50 bits per heavy atom. The Morgan fingerprint density at radius 2 is 1.90 bits per heavy atom. The van der Waals surface area contributed by atoms with Gasteiger partial charge in [0.2, 0.25) is 17.2 Å². The molecular weight excluding hydrogens is 299 g/mol. The summed E-state index contributed by atoms with van der Waals surface area (Å²) in [6.07, 6.45) is -4.34. The fourth-order valence-corrected chi connectivity index (χ4v) is 1.90. The number of ether oxygens (including phenoxy) is 1. The van der Waals surface area contributed by atoms with Crippen molar-refractivity contribution in [3.05, 3.63) is 5.28 Å². The Morgan fingerprint density at radius 1 is 1.25 bits per heavy atom. The first kappa shape index (κ1) is 15.0. The molecular formula is C10H13ClF3N5O. The third-order valence-corrected chi connectivity index (χ3v) is 2.81. The SMILES string of the molecule is CN(CC(F)(F)F)c1nc(Cl)nc(N2CCOCC2)n1. The molecule has 0 saturated carbocycles. The molecule has 0 unspecified atom stereocenters. The Balaban J connectivity index is 2.19. The molecule has 1 aliphatic heterocycles. The van der Waals surface area contributed by atoms with Crippen LogP contribution in [0, 0.1) is 0 Å². The van der Waals surface area contributed by atoms with Crippen LogP contribution in [-0.4, -0.2) is 61.0 Å². The van der Waals surface area contributed by atoms with Gasteiger partial charge in [-0.2, -0.15) is 28.1 Å². The smallest absolute Gasteiger partial charge is 0.378 e. The molecule has 1 aliphatic rings. The summed E-state index contributed by atoms with van der Waals surface area (Å²) in [6, 6.07) is 0. The summed E-state index contributed by atoms with van der Waals surface area (Å²) < 4.78 is 42.3. The normalized spacial score (nSPS) is 16.4. The van der Waals surface area contributed by atoms with E-state index in [4.69, 9.17) is 16.3 Å². The first-order chi connectivity index (χ1) is 9.35. The van der Waals surface area contributed by atoms with E-state index in [0.29, 0.717) is 26.3 Å². The van der Waals surface area contributed by atoms with Gasteiger partial charge in [0.1, 0.15) is 6.54 Å². The zero-order valence-electron chi connectivity index (χ0n) is 10.7. The minimum atomic E-state index is -4.34. The van der Waals surface area contributed by atoms with Gasteiger partial charge in [-0.15, -0.1) is 0 Å². The summed E-state index contributed by atoms with van der Waals surface area (Å²) in [5.74, 6) is 0.154. The van der Waals surface area contributed by atoms with Crippen molar-refractivity contribution in [3.8, 4) is 0 Å². The first-order valence-corrected chi connectivity index (χ1v) is 6.25. The van der Waals surface area contributed by atoms with Crippen molar-refractivity contribution < 1.29 is 17.9 Å². The van der Waals surface area contributed by atoms with Gasteiger partial charge in [-0.3, -0.25) is 0 Å². The molecule has 0 aliphatic carbocycles. The molecule has 10 heteroatoms. The second-order valence-corrected chi connectivity index (χ2v) is 4.61. The number of anilines is 2. The highest BCUT2D eigenvalue weighted by atomic mass is 35.5. The maximum Gasteiger partial charge on any atom is 0.406 e. The molecule has 0 bridgehead atoms. The van der Waals surface area contributed by atoms with Crippen molar-refractivity contribution in [1.82, 2.24) is 15.0 Å². The first-order valence-electron chi connectivity index (χ1n) is 5.87. The van der Waals surface area contributed by atoms with Crippen LogP contribution in [0.1, 0.15) is 0 Å². The third kappa shape index (κ3) is 4.07. The van der Waals surface area contributed by atoms with Crippen LogP contribution < -0.4 is 9.80 Å². The highest BCUT2D eigenvalue weighted by Gasteiger charge is 2.30. The standard InChI is InChI=1S/C10H13ClF3N5O/c1-18(6-10(12,13)14)8-15-7(11)16-9(17-8)19-2-4-20-5-3-19/h2-6H2,1H3. The maximum absolute atomic E-state index is 12.4. The lowest BCUT2D eigenvalue weighted by Gasteiger charge is -2.27. The van der Waals surface area contributed by atoms with Gasteiger partial charge in [0.15, 0.2) is 0 Å². The molecule has 1 aromatic rings. The van der Waals surface area contributed by atoms with Crippen molar-refractivity contribution in [3.63, 3.8) is 0 Å². The van der Waals surface area contributed by atoms with Crippen LogP contribution >= 0.6 is 11.6 Å².